The normalized spacial score (nSPS) is 13.8. The zero-order valence-corrected chi connectivity index (χ0v) is 93.0. The Balaban J connectivity index is 0.925. The molecule has 14 heteroatoms. The summed E-state index contributed by atoms with van der Waals surface area (Å²) < 4.78 is 0. The first-order chi connectivity index (χ1) is 73.5. The summed E-state index contributed by atoms with van der Waals surface area (Å²) in [5.41, 5.74) is 32.2. The Morgan fingerprint density at radius 1 is 0.180 bits per heavy atom. The molecular formula is C136H168N10O4-2. The van der Waals surface area contributed by atoms with Gasteiger partial charge >= 0.3 is 0 Å². The van der Waals surface area contributed by atoms with Gasteiger partial charge in [-0.25, -0.2) is 0 Å². The summed E-state index contributed by atoms with van der Waals surface area (Å²) in [5.74, 6) is -2.66. The second-order valence-corrected chi connectivity index (χ2v) is 41.1. The van der Waals surface area contributed by atoms with Gasteiger partial charge in [0.05, 0.1) is 22.7 Å². The van der Waals surface area contributed by atoms with Gasteiger partial charge in [-0.15, -0.1) is 12.2 Å². The van der Waals surface area contributed by atoms with E-state index in [1.807, 2.05) is 24.3 Å². The monoisotopic (exact) mass is 2010 g/mol. The van der Waals surface area contributed by atoms with Crippen LogP contribution in [0.5, 0.6) is 11.5 Å². The van der Waals surface area contributed by atoms with Crippen molar-refractivity contribution >= 4 is 79.6 Å². The molecule has 0 unspecified atom stereocenters. The lowest BCUT2D eigenvalue weighted by molar-refractivity contribution is -0.536. The lowest BCUT2D eigenvalue weighted by Crippen LogP contribution is -2.63. The molecule has 1 fully saturated rings. The number of phenolic OH excluding ortho intramolecular Hbond substituents is 2. The van der Waals surface area contributed by atoms with Crippen molar-refractivity contribution in [1.82, 2.24) is 0 Å². The van der Waals surface area contributed by atoms with Crippen molar-refractivity contribution in [2.45, 2.75) is 238 Å². The van der Waals surface area contributed by atoms with Crippen molar-refractivity contribution in [2.75, 3.05) is 154 Å². The van der Waals surface area contributed by atoms with Crippen molar-refractivity contribution in [1.29, 1.82) is 0 Å². The highest BCUT2D eigenvalue weighted by Gasteiger charge is 2.42. The van der Waals surface area contributed by atoms with Gasteiger partial charge in [0.2, 0.25) is 0 Å². The Bertz CT molecular complexity index is 5710. The predicted molar refractivity (Wildman–Crippen MR) is 644 cm³/mol. The van der Waals surface area contributed by atoms with E-state index in [1.165, 1.54) is 67.8 Å². The van der Waals surface area contributed by atoms with Crippen LogP contribution in [-0.2, 0) is 0 Å². The lowest BCUT2D eigenvalue weighted by Gasteiger charge is -2.61. The Labute approximate surface area is 900 Å². The average molecular weight is 2010 g/mol. The quantitative estimate of drug-likeness (QED) is 0.0376. The standard InChI is InChI=1S/C136H168N10O4/c1-17-77-137(78-18-2)119-57-45-58-120(138(79-19-3)80-20-4)129(119)103-65-73-115(111(93-103)99-49-37-33-38-50-99)145(116-74-66-104(94-112(116)100-51-39-34-40-52-100)130-121(139(81-21-5)82-22-6)59-46-60-122(130)140(83-23-7)84-24-8)107-69-71-109(127(147)97-107)133-135(149)134(136(133)150)110-72-70-108(98-128(110)148)146(117-75-67-105(95-113(117)101-53-41-35-42-54-101)131-123(141(85-25-9)86-26-10)61-47-62-124(131)142(87-27-11)88-28-12)118-76-68-106(96-114(118)102-55-43-36-44-56-102)132-125(143(89-29-13)90-30-14)63-48-64-126(132)144(91-31-15)92-32-16/h33-76,93-98,133-136,147-148H,17-32,77-92H2,1-16H3/q-2. The fraction of sp³-hybridized carbons (Fsp3) is 0.382. The highest BCUT2D eigenvalue weighted by Crippen LogP contribution is 2.58. The molecule has 0 bridgehead atoms. The van der Waals surface area contributed by atoms with Crippen molar-refractivity contribution in [3.05, 3.63) is 314 Å². The minimum absolute atomic E-state index is 0.152. The third-order valence-corrected chi connectivity index (χ3v) is 29.8. The highest BCUT2D eigenvalue weighted by molar-refractivity contribution is 6.04. The zero-order chi connectivity index (χ0) is 106. The number of anilines is 14. The smallest absolute Gasteiger partial charge is 0.121 e. The van der Waals surface area contributed by atoms with Crippen LogP contribution in [0.3, 0.4) is 0 Å². The van der Waals surface area contributed by atoms with E-state index in [0.29, 0.717) is 11.4 Å². The van der Waals surface area contributed by atoms with Crippen LogP contribution in [0, 0.1) is 0 Å². The largest absolute Gasteiger partial charge is 0.851 e. The van der Waals surface area contributed by atoms with E-state index in [9.17, 15) is 10.2 Å². The van der Waals surface area contributed by atoms with Crippen LogP contribution in [0.15, 0.2) is 303 Å². The molecular weight excluding hydrogens is 1840 g/mol. The number of rotatable bonds is 56. The SMILES string of the molecule is CCCN(CCC)c1cccc(N(CCC)CCC)c1-c1ccc(N(c2ccc(C3C([O-])C(c4ccc(N(c5ccc(-c6c(N(CCC)CCC)cccc6N(CCC)CCC)cc5-c5ccccc5)c5ccc(-c6c(N(CCC)CCC)cccc6N(CCC)CCC)cc5-c5ccccc5)cc4O)C3[O-])c(O)c2)c2ccc(-c3c(N(CCC)CCC)cccc3N(CCC)CCC)cc2-c2ccccc2)c(-c2ccccc2)c1. The minimum Gasteiger partial charge on any atom is -0.851 e. The van der Waals surface area contributed by atoms with Gasteiger partial charge in [0.15, 0.2) is 0 Å². The van der Waals surface area contributed by atoms with Crippen molar-refractivity contribution in [2.24, 2.45) is 0 Å². The number of hydrogen-bond donors (Lipinski definition) is 2. The first-order valence-electron chi connectivity index (χ1n) is 57.4. The molecule has 1 saturated carbocycles. The number of hydrogen-bond acceptors (Lipinski definition) is 14. The van der Waals surface area contributed by atoms with Crippen molar-refractivity contribution in [3.63, 3.8) is 0 Å². The number of nitrogens with zero attached hydrogens (tertiary/aromatic N) is 10. The van der Waals surface area contributed by atoms with E-state index in [0.717, 1.165) is 297 Å². The number of benzene rings is 14. The average Bonchev–Trinajstić information content (AvgIpc) is 0.727. The Hall–Kier alpha value is -13.4. The molecule has 2 N–H and O–H groups in total. The Kier molecular flexibility index (Phi) is 40.1. The molecule has 0 aliphatic heterocycles. The summed E-state index contributed by atoms with van der Waals surface area (Å²) in [6.07, 6.45) is 12.9. The molecule has 0 atom stereocenters. The maximum Gasteiger partial charge on any atom is 0.121 e. The van der Waals surface area contributed by atoms with Crippen LogP contribution >= 0.6 is 0 Å². The Morgan fingerprint density at radius 3 is 0.513 bits per heavy atom. The maximum atomic E-state index is 16.1. The van der Waals surface area contributed by atoms with Crippen molar-refractivity contribution < 1.29 is 20.4 Å². The van der Waals surface area contributed by atoms with E-state index in [4.69, 9.17) is 0 Å². The van der Waals surface area contributed by atoms with Gasteiger partial charge in [-0.3, -0.25) is 0 Å². The van der Waals surface area contributed by atoms with Gasteiger partial charge in [-0.2, -0.15) is 0 Å². The molecule has 1 aliphatic carbocycles. The summed E-state index contributed by atoms with van der Waals surface area (Å²) >= 11 is 0. The lowest BCUT2D eigenvalue weighted by atomic mass is 9.63. The summed E-state index contributed by atoms with van der Waals surface area (Å²) in [5, 5.41) is 59.2. The fourth-order valence-electron chi connectivity index (χ4n) is 23.6. The van der Waals surface area contributed by atoms with Gasteiger partial charge in [0.1, 0.15) is 11.5 Å². The molecule has 14 aromatic carbocycles. The summed E-state index contributed by atoms with van der Waals surface area (Å²) in [6, 6.07) is 110. The van der Waals surface area contributed by atoms with Gasteiger partial charge in [-0.05, 0) is 279 Å². The van der Waals surface area contributed by atoms with Gasteiger partial charge in [0, 0.05) is 218 Å². The van der Waals surface area contributed by atoms with E-state index in [1.54, 1.807) is 12.1 Å². The van der Waals surface area contributed by atoms with E-state index in [-0.39, 0.29) is 22.6 Å². The van der Waals surface area contributed by atoms with Gasteiger partial charge in [0.25, 0.3) is 0 Å². The van der Waals surface area contributed by atoms with Crippen LogP contribution in [0.1, 0.15) is 236 Å². The van der Waals surface area contributed by atoms with Crippen LogP contribution in [0.4, 0.5) is 79.6 Å². The predicted octanol–water partition coefficient (Wildman–Crippen LogP) is 33.7. The molecule has 0 saturated heterocycles. The third kappa shape index (κ3) is 24.6. The van der Waals surface area contributed by atoms with E-state index < -0.39 is 24.0 Å². The molecule has 788 valence electrons. The third-order valence-electron chi connectivity index (χ3n) is 29.8. The molecule has 0 amide bonds. The first kappa shape index (κ1) is 111. The topological polar surface area (TPSA) is 119 Å². The molecule has 0 radical (unpaired) electrons. The van der Waals surface area contributed by atoms with Gasteiger partial charge in [-0.1, -0.05) is 293 Å². The zero-order valence-electron chi connectivity index (χ0n) is 93.0. The molecule has 0 heterocycles. The fourth-order valence-corrected chi connectivity index (χ4v) is 23.6. The van der Waals surface area contributed by atoms with Crippen LogP contribution in [0.2, 0.25) is 0 Å². The summed E-state index contributed by atoms with van der Waals surface area (Å²) in [4.78, 5) is 25.3. The summed E-state index contributed by atoms with van der Waals surface area (Å²) in [6.45, 7) is 51.0. The van der Waals surface area contributed by atoms with Crippen molar-refractivity contribution in [3.8, 4) is 101 Å². The second kappa shape index (κ2) is 54.4. The molecule has 14 nitrogen and oxygen atoms in total. The van der Waals surface area contributed by atoms with Crippen LogP contribution in [0.25, 0.3) is 89.0 Å². The summed E-state index contributed by atoms with van der Waals surface area (Å²) in [7, 11) is 0. The minimum atomic E-state index is -1.56. The highest BCUT2D eigenvalue weighted by atomic mass is 16.3. The first-order valence-corrected chi connectivity index (χ1v) is 57.4. The maximum absolute atomic E-state index is 16.1. The second-order valence-electron chi connectivity index (χ2n) is 41.1. The number of phenols is 2. The van der Waals surface area contributed by atoms with Gasteiger partial charge < -0.3 is 69.4 Å². The Morgan fingerprint density at radius 2 is 0.353 bits per heavy atom. The number of aromatic hydroxyl groups is 2. The molecule has 150 heavy (non-hydrogen) atoms. The molecule has 0 spiro atoms. The van der Waals surface area contributed by atoms with E-state index >= 15 is 10.2 Å². The molecule has 15 rings (SSSR count). The molecule has 14 aromatic rings. The molecule has 1 aliphatic rings. The van der Waals surface area contributed by atoms with Crippen LogP contribution in [-0.4, -0.2) is 127 Å². The molecule has 0 aromatic heterocycles. The van der Waals surface area contributed by atoms with E-state index in [2.05, 4.69) is 427 Å². The van der Waals surface area contributed by atoms with Crippen LogP contribution < -0.4 is 59.2 Å².